The molecule has 3 aromatic carbocycles. The van der Waals surface area contributed by atoms with Gasteiger partial charge in [-0.1, -0.05) is 48.0 Å². The standard InChI is InChI=1S/C48H57ClN8O5/c1-54-24-26-55(27-25-54)21-17-43(58)52-36-14-16-39-41(30-36)51-32-57(47(39)61)31-48(62)18-22-56(23-19-48)46(60)35(28-33-8-3-2-4-9-33)10-7-20-50-45(59)34-13-15-38-42(29-34)53-40-12-6-5-11-37(40)44(38)49/h2-4,8-9,13-16,29-30,32,35,62H,5-7,10-12,17-28,31H2,1H3,(H,50,59)(H,52,58)/t35-/m1/s1. The number of likely N-dealkylation sites (tertiary alicyclic amines) is 1. The highest BCUT2D eigenvalue weighted by Crippen LogP contribution is 2.33. The van der Waals surface area contributed by atoms with Crippen molar-refractivity contribution in [2.75, 3.05) is 64.7 Å². The number of anilines is 1. The lowest BCUT2D eigenvalue weighted by atomic mass is 9.88. The van der Waals surface area contributed by atoms with Crippen LogP contribution < -0.4 is 16.2 Å². The molecule has 2 aromatic heterocycles. The molecule has 14 heteroatoms. The number of halogens is 1. The molecular formula is C48H57ClN8O5. The summed E-state index contributed by atoms with van der Waals surface area (Å²) in [5.74, 6) is -0.559. The van der Waals surface area contributed by atoms with Crippen LogP contribution in [-0.2, 0) is 35.4 Å². The average molecular weight is 861 g/mol. The topological polar surface area (TPSA) is 153 Å². The van der Waals surface area contributed by atoms with E-state index in [0.717, 1.165) is 84.6 Å². The van der Waals surface area contributed by atoms with E-state index >= 15 is 0 Å². The fourth-order valence-electron chi connectivity index (χ4n) is 9.15. The summed E-state index contributed by atoms with van der Waals surface area (Å²) in [5, 5.41) is 19.7. The van der Waals surface area contributed by atoms with Gasteiger partial charge in [0.2, 0.25) is 11.8 Å². The van der Waals surface area contributed by atoms with Crippen LogP contribution in [0.15, 0.2) is 77.9 Å². The van der Waals surface area contributed by atoms with Crippen LogP contribution in [0, 0.1) is 5.92 Å². The maximum absolute atomic E-state index is 14.1. The minimum Gasteiger partial charge on any atom is -0.388 e. The van der Waals surface area contributed by atoms with Gasteiger partial charge in [0.15, 0.2) is 0 Å². The van der Waals surface area contributed by atoms with E-state index in [0.29, 0.717) is 86.9 Å². The normalized spacial score (nSPS) is 17.4. The largest absolute Gasteiger partial charge is 0.388 e. The number of benzene rings is 3. The lowest BCUT2D eigenvalue weighted by molar-refractivity contribution is -0.140. The van der Waals surface area contributed by atoms with Gasteiger partial charge in [0.05, 0.1) is 39.9 Å². The van der Waals surface area contributed by atoms with Crippen LogP contribution in [0.4, 0.5) is 5.69 Å². The van der Waals surface area contributed by atoms with E-state index in [9.17, 15) is 24.3 Å². The Morgan fingerprint density at radius 1 is 0.903 bits per heavy atom. The molecule has 0 bridgehead atoms. The summed E-state index contributed by atoms with van der Waals surface area (Å²) in [6.07, 6.45) is 8.25. The van der Waals surface area contributed by atoms with Gasteiger partial charge in [0, 0.05) is 87.0 Å². The van der Waals surface area contributed by atoms with Gasteiger partial charge in [-0.15, -0.1) is 0 Å². The lowest BCUT2D eigenvalue weighted by Crippen LogP contribution is -2.51. The predicted octanol–water partition coefficient (Wildman–Crippen LogP) is 5.48. The highest BCUT2D eigenvalue weighted by atomic mass is 35.5. The second-order valence-electron chi connectivity index (χ2n) is 17.5. The Morgan fingerprint density at radius 3 is 2.45 bits per heavy atom. The van der Waals surface area contributed by atoms with E-state index in [1.807, 2.05) is 47.4 Å². The number of aryl methyl sites for hydroxylation is 1. The third-order valence-corrected chi connectivity index (χ3v) is 13.4. The highest BCUT2D eigenvalue weighted by Gasteiger charge is 2.36. The average Bonchev–Trinajstić information content (AvgIpc) is 3.28. The number of hydrogen-bond donors (Lipinski definition) is 3. The van der Waals surface area contributed by atoms with Gasteiger partial charge in [0.25, 0.3) is 11.5 Å². The van der Waals surface area contributed by atoms with Crippen molar-refractivity contribution in [2.24, 2.45) is 5.92 Å². The molecule has 2 aliphatic heterocycles. The SMILES string of the molecule is CN1CCN(CCC(=O)Nc2ccc3c(=O)n(CC4(O)CCN(C(=O)[C@H](CCCNC(=O)c5ccc6c(Cl)c7c(nc6c5)CCCC7)Cc5ccccc5)CC4)cnc3c2)CC1. The molecule has 2 saturated heterocycles. The monoisotopic (exact) mass is 860 g/mol. The van der Waals surface area contributed by atoms with E-state index in [1.165, 1.54) is 10.9 Å². The Balaban J connectivity index is 0.845. The Morgan fingerprint density at radius 2 is 1.66 bits per heavy atom. The lowest BCUT2D eigenvalue weighted by Gasteiger charge is -2.39. The van der Waals surface area contributed by atoms with Crippen molar-refractivity contribution in [3.05, 3.63) is 111 Å². The molecule has 0 radical (unpaired) electrons. The second-order valence-corrected chi connectivity index (χ2v) is 17.9. The van der Waals surface area contributed by atoms with Crippen molar-refractivity contribution in [3.8, 4) is 0 Å². The summed E-state index contributed by atoms with van der Waals surface area (Å²) in [7, 11) is 2.10. The number of carbonyl (C=O) groups is 3. The number of aromatic nitrogens is 3. The number of piperidine rings is 1. The van der Waals surface area contributed by atoms with Crippen molar-refractivity contribution in [2.45, 2.75) is 76.4 Å². The third-order valence-electron chi connectivity index (χ3n) is 13.0. The fraction of sp³-hybridized carbons (Fsp3) is 0.458. The Kier molecular flexibility index (Phi) is 13.6. The molecule has 8 rings (SSSR count). The van der Waals surface area contributed by atoms with Gasteiger partial charge < -0.3 is 30.4 Å². The zero-order chi connectivity index (χ0) is 43.2. The van der Waals surface area contributed by atoms with Crippen molar-refractivity contribution in [1.29, 1.82) is 0 Å². The number of carbonyl (C=O) groups excluding carboxylic acids is 3. The fourth-order valence-corrected chi connectivity index (χ4v) is 9.52. The molecule has 3 aliphatic rings. The first kappa shape index (κ1) is 43.4. The molecule has 0 saturated carbocycles. The van der Waals surface area contributed by atoms with Crippen LogP contribution in [0.2, 0.25) is 5.02 Å². The van der Waals surface area contributed by atoms with Gasteiger partial charge in [0.1, 0.15) is 0 Å². The van der Waals surface area contributed by atoms with Gasteiger partial charge in [-0.2, -0.15) is 0 Å². The van der Waals surface area contributed by atoms with Crippen LogP contribution in [-0.4, -0.2) is 117 Å². The highest BCUT2D eigenvalue weighted by molar-refractivity contribution is 6.36. The number of aliphatic hydroxyl groups is 1. The van der Waals surface area contributed by atoms with E-state index in [-0.39, 0.29) is 35.7 Å². The number of fused-ring (bicyclic) bond motifs is 3. The molecule has 4 heterocycles. The zero-order valence-corrected chi connectivity index (χ0v) is 36.3. The van der Waals surface area contributed by atoms with Crippen LogP contribution in [0.1, 0.15) is 72.1 Å². The van der Waals surface area contributed by atoms with E-state index < -0.39 is 5.60 Å². The van der Waals surface area contributed by atoms with Gasteiger partial charge in [-0.3, -0.25) is 28.7 Å². The first-order chi connectivity index (χ1) is 30.0. The molecule has 326 valence electrons. The summed E-state index contributed by atoms with van der Waals surface area (Å²) in [6.45, 7) is 5.77. The van der Waals surface area contributed by atoms with E-state index in [4.69, 9.17) is 16.6 Å². The summed E-state index contributed by atoms with van der Waals surface area (Å²) in [5.41, 5.74) is 4.06. The van der Waals surface area contributed by atoms with Crippen LogP contribution in [0.25, 0.3) is 21.8 Å². The summed E-state index contributed by atoms with van der Waals surface area (Å²) in [6, 6.07) is 20.5. The minimum atomic E-state index is -1.20. The number of nitrogens with one attached hydrogen (secondary N) is 2. The molecule has 1 atom stereocenters. The van der Waals surface area contributed by atoms with E-state index in [2.05, 4.69) is 32.5 Å². The van der Waals surface area contributed by atoms with Crippen molar-refractivity contribution in [1.82, 2.24) is 34.6 Å². The maximum Gasteiger partial charge on any atom is 0.261 e. The molecule has 62 heavy (non-hydrogen) atoms. The van der Waals surface area contributed by atoms with Crippen LogP contribution in [0.5, 0.6) is 0 Å². The Labute approximate surface area is 367 Å². The number of hydrogen-bond acceptors (Lipinski definition) is 9. The Hall–Kier alpha value is -5.21. The molecule has 0 unspecified atom stereocenters. The second kappa shape index (κ2) is 19.5. The van der Waals surface area contributed by atoms with Crippen LogP contribution in [0.3, 0.4) is 0 Å². The first-order valence-corrected chi connectivity index (χ1v) is 22.5. The Bertz CT molecular complexity index is 2480. The molecule has 2 fully saturated rings. The van der Waals surface area contributed by atoms with Crippen molar-refractivity contribution in [3.63, 3.8) is 0 Å². The smallest absolute Gasteiger partial charge is 0.261 e. The molecule has 0 spiro atoms. The molecule has 3 N–H and O–H groups in total. The summed E-state index contributed by atoms with van der Waals surface area (Å²) in [4.78, 5) is 69.5. The molecular weight excluding hydrogens is 804 g/mol. The predicted molar refractivity (Wildman–Crippen MR) is 243 cm³/mol. The minimum absolute atomic E-state index is 0.0230. The van der Waals surface area contributed by atoms with E-state index in [1.54, 1.807) is 24.3 Å². The maximum atomic E-state index is 14.1. The molecule has 3 amide bonds. The quantitative estimate of drug-likeness (QED) is 0.123. The van der Waals surface area contributed by atoms with Gasteiger partial charge in [-0.25, -0.2) is 4.98 Å². The van der Waals surface area contributed by atoms with Crippen LogP contribution >= 0.6 is 11.6 Å². The van der Waals surface area contributed by atoms with Gasteiger partial charge >= 0.3 is 0 Å². The summed E-state index contributed by atoms with van der Waals surface area (Å²) >= 11 is 6.76. The number of amides is 3. The number of nitrogens with zero attached hydrogens (tertiary/aromatic N) is 6. The zero-order valence-electron chi connectivity index (χ0n) is 35.6. The number of pyridine rings is 1. The molecule has 13 nitrogen and oxygen atoms in total. The van der Waals surface area contributed by atoms with Crippen molar-refractivity contribution >= 4 is 56.8 Å². The number of likely N-dealkylation sites (N-methyl/N-ethyl adjacent to an activating group) is 1. The molecule has 5 aromatic rings. The molecule has 1 aliphatic carbocycles. The number of piperazine rings is 1. The van der Waals surface area contributed by atoms with Crippen molar-refractivity contribution < 1.29 is 19.5 Å². The van der Waals surface area contributed by atoms with Gasteiger partial charge in [-0.05, 0) is 106 Å². The first-order valence-electron chi connectivity index (χ1n) is 22.2. The summed E-state index contributed by atoms with van der Waals surface area (Å²) < 4.78 is 1.44. The number of rotatable bonds is 14. The third kappa shape index (κ3) is 10.3.